The van der Waals surface area contributed by atoms with Crippen LogP contribution >= 0.6 is 11.8 Å². The number of nitrogens with one attached hydrogen (secondary N) is 1. The maximum atomic E-state index is 12.9. The second kappa shape index (κ2) is 6.53. The summed E-state index contributed by atoms with van der Waals surface area (Å²) in [6, 6.07) is 13.4. The number of carbonyl (C=O) groups excluding carboxylic acids is 1. The summed E-state index contributed by atoms with van der Waals surface area (Å²) in [5, 5.41) is 3.74. The molecule has 0 bridgehead atoms. The van der Waals surface area contributed by atoms with Gasteiger partial charge in [0, 0.05) is 29.2 Å². The third kappa shape index (κ3) is 2.84. The molecule has 0 saturated heterocycles. The van der Waals surface area contributed by atoms with Gasteiger partial charge in [-0.1, -0.05) is 18.2 Å². The molecule has 0 fully saturated rings. The first-order chi connectivity index (χ1) is 13.2. The van der Waals surface area contributed by atoms with Crippen molar-refractivity contribution in [1.82, 2.24) is 14.9 Å². The third-order valence-electron chi connectivity index (χ3n) is 5.34. The molecule has 0 radical (unpaired) electrons. The molecule has 27 heavy (non-hydrogen) atoms. The molecule has 0 saturated carbocycles. The monoisotopic (exact) mass is 377 g/mol. The van der Waals surface area contributed by atoms with Crippen LogP contribution in [0.1, 0.15) is 40.6 Å². The van der Waals surface area contributed by atoms with Crippen LogP contribution in [0.5, 0.6) is 0 Å². The Kier molecular flexibility index (Phi) is 4.01. The van der Waals surface area contributed by atoms with Crippen molar-refractivity contribution in [3.8, 4) is 0 Å². The minimum atomic E-state index is -0.119. The summed E-state index contributed by atoms with van der Waals surface area (Å²) < 4.78 is 1.75. The van der Waals surface area contributed by atoms with E-state index < -0.39 is 0 Å². The van der Waals surface area contributed by atoms with Crippen LogP contribution in [-0.4, -0.2) is 21.2 Å². The van der Waals surface area contributed by atoms with Crippen molar-refractivity contribution in [3.63, 3.8) is 0 Å². The normalized spacial score (nSPS) is 18.1. The van der Waals surface area contributed by atoms with Gasteiger partial charge in [0.2, 0.25) is 0 Å². The molecule has 3 heterocycles. The Balaban J connectivity index is 1.47. The van der Waals surface area contributed by atoms with E-state index in [1.165, 1.54) is 10.5 Å². The fourth-order valence-electron chi connectivity index (χ4n) is 3.96. The SMILES string of the molecule is O=C(NC1CCSc2ccccc21)c1ccc2c(=O)n3c(nc2c1)CCC3. The van der Waals surface area contributed by atoms with Crippen LogP contribution in [0.2, 0.25) is 0 Å². The number of fused-ring (bicyclic) bond motifs is 3. The molecule has 2 aliphatic rings. The van der Waals surface area contributed by atoms with Crippen LogP contribution in [0.25, 0.3) is 10.9 Å². The topological polar surface area (TPSA) is 64.0 Å². The largest absolute Gasteiger partial charge is 0.345 e. The van der Waals surface area contributed by atoms with Crippen molar-refractivity contribution >= 4 is 28.6 Å². The first-order valence-corrected chi connectivity index (χ1v) is 10.3. The fourth-order valence-corrected chi connectivity index (χ4v) is 5.08. The molecule has 1 unspecified atom stereocenters. The minimum absolute atomic E-state index is 0.00214. The van der Waals surface area contributed by atoms with Crippen molar-refractivity contribution in [1.29, 1.82) is 0 Å². The van der Waals surface area contributed by atoms with Gasteiger partial charge in [-0.15, -0.1) is 11.8 Å². The second-order valence-corrected chi connectivity index (χ2v) is 8.16. The van der Waals surface area contributed by atoms with E-state index in [2.05, 4.69) is 22.4 Å². The number of nitrogens with zero attached hydrogens (tertiary/aromatic N) is 2. The molecule has 0 spiro atoms. The molecule has 2 aliphatic heterocycles. The number of aromatic nitrogens is 2. The molecule has 1 aromatic heterocycles. The van der Waals surface area contributed by atoms with Gasteiger partial charge in [0.1, 0.15) is 5.82 Å². The maximum absolute atomic E-state index is 12.9. The van der Waals surface area contributed by atoms with Crippen molar-refractivity contribution < 1.29 is 4.79 Å². The Morgan fingerprint density at radius 2 is 2.11 bits per heavy atom. The summed E-state index contributed by atoms with van der Waals surface area (Å²) in [5.41, 5.74) is 2.34. The predicted octanol–water partition coefficient (Wildman–Crippen LogP) is 3.31. The first-order valence-electron chi connectivity index (χ1n) is 9.27. The summed E-state index contributed by atoms with van der Waals surface area (Å²) >= 11 is 1.83. The highest BCUT2D eigenvalue weighted by Crippen LogP contribution is 2.35. The van der Waals surface area contributed by atoms with Gasteiger partial charge in [-0.3, -0.25) is 14.2 Å². The van der Waals surface area contributed by atoms with Gasteiger partial charge in [0.15, 0.2) is 0 Å². The molecular formula is C21H19N3O2S. The van der Waals surface area contributed by atoms with Crippen molar-refractivity contribution in [2.75, 3.05) is 5.75 Å². The van der Waals surface area contributed by atoms with Crippen LogP contribution in [0.3, 0.4) is 0 Å². The van der Waals surface area contributed by atoms with E-state index in [1.54, 1.807) is 22.8 Å². The van der Waals surface area contributed by atoms with Crippen LogP contribution in [-0.2, 0) is 13.0 Å². The Morgan fingerprint density at radius 1 is 1.22 bits per heavy atom. The van der Waals surface area contributed by atoms with E-state index in [1.807, 2.05) is 23.9 Å². The highest BCUT2D eigenvalue weighted by molar-refractivity contribution is 7.99. The number of amides is 1. The fraction of sp³-hybridized carbons (Fsp3) is 0.286. The number of carbonyl (C=O) groups is 1. The van der Waals surface area contributed by atoms with Crippen LogP contribution in [0.4, 0.5) is 0 Å². The molecule has 5 rings (SSSR count). The van der Waals surface area contributed by atoms with Gasteiger partial charge < -0.3 is 5.32 Å². The Morgan fingerprint density at radius 3 is 3.04 bits per heavy atom. The van der Waals surface area contributed by atoms with Gasteiger partial charge in [0.05, 0.1) is 16.9 Å². The van der Waals surface area contributed by atoms with Gasteiger partial charge in [-0.05, 0) is 42.7 Å². The lowest BCUT2D eigenvalue weighted by molar-refractivity contribution is 0.0935. The smallest absolute Gasteiger partial charge is 0.261 e. The van der Waals surface area contributed by atoms with Crippen molar-refractivity contribution in [3.05, 3.63) is 69.8 Å². The third-order valence-corrected chi connectivity index (χ3v) is 6.47. The van der Waals surface area contributed by atoms with Crippen LogP contribution in [0.15, 0.2) is 52.2 Å². The zero-order valence-corrected chi connectivity index (χ0v) is 15.6. The predicted molar refractivity (Wildman–Crippen MR) is 106 cm³/mol. The summed E-state index contributed by atoms with van der Waals surface area (Å²) in [5.74, 6) is 1.69. The summed E-state index contributed by atoms with van der Waals surface area (Å²) in [4.78, 5) is 31.3. The molecule has 3 aromatic rings. The Labute approximate surface area is 160 Å². The highest BCUT2D eigenvalue weighted by atomic mass is 32.2. The first kappa shape index (κ1) is 16.6. The van der Waals surface area contributed by atoms with Gasteiger partial charge in [-0.2, -0.15) is 0 Å². The molecule has 1 atom stereocenters. The average Bonchev–Trinajstić information content (AvgIpc) is 3.17. The lowest BCUT2D eigenvalue weighted by Crippen LogP contribution is -2.30. The lowest BCUT2D eigenvalue weighted by Gasteiger charge is -2.25. The number of aryl methyl sites for hydroxylation is 1. The van der Waals surface area contributed by atoms with Crippen LogP contribution < -0.4 is 10.9 Å². The number of hydrogen-bond donors (Lipinski definition) is 1. The molecule has 0 aliphatic carbocycles. The number of thioether (sulfide) groups is 1. The quantitative estimate of drug-likeness (QED) is 0.744. The maximum Gasteiger partial charge on any atom is 0.261 e. The van der Waals surface area contributed by atoms with Crippen molar-refractivity contribution in [2.24, 2.45) is 0 Å². The lowest BCUT2D eigenvalue weighted by atomic mass is 10.0. The average molecular weight is 377 g/mol. The molecule has 1 amide bonds. The highest BCUT2D eigenvalue weighted by Gasteiger charge is 2.23. The Hall–Kier alpha value is -2.60. The minimum Gasteiger partial charge on any atom is -0.345 e. The summed E-state index contributed by atoms with van der Waals surface area (Å²) in [7, 11) is 0. The summed E-state index contributed by atoms with van der Waals surface area (Å²) in [6.07, 6.45) is 2.68. The zero-order valence-electron chi connectivity index (χ0n) is 14.8. The van der Waals surface area contributed by atoms with Gasteiger partial charge in [-0.25, -0.2) is 4.98 Å². The molecule has 1 N–H and O–H groups in total. The van der Waals surface area contributed by atoms with E-state index in [0.29, 0.717) is 16.5 Å². The summed E-state index contributed by atoms with van der Waals surface area (Å²) in [6.45, 7) is 0.735. The second-order valence-electron chi connectivity index (χ2n) is 7.02. The van der Waals surface area contributed by atoms with E-state index >= 15 is 0 Å². The van der Waals surface area contributed by atoms with Crippen LogP contribution in [0, 0.1) is 0 Å². The molecule has 2 aromatic carbocycles. The molecule has 136 valence electrons. The molecular weight excluding hydrogens is 358 g/mol. The standard InChI is InChI=1S/C21H19N3O2S/c25-20(23-16-9-11-27-18-5-2-1-4-14(16)18)13-7-8-15-17(12-13)22-19-6-3-10-24(19)21(15)26/h1-2,4-5,7-8,12,16H,3,6,9-11H2,(H,23,25). The number of hydrogen-bond acceptors (Lipinski definition) is 4. The number of rotatable bonds is 2. The number of benzene rings is 2. The van der Waals surface area contributed by atoms with Gasteiger partial charge in [0.25, 0.3) is 11.5 Å². The van der Waals surface area contributed by atoms with E-state index in [4.69, 9.17) is 0 Å². The van der Waals surface area contributed by atoms with E-state index in [9.17, 15) is 9.59 Å². The molecule has 6 heteroatoms. The Bertz CT molecular complexity index is 1120. The van der Waals surface area contributed by atoms with E-state index in [0.717, 1.165) is 37.4 Å². The zero-order chi connectivity index (χ0) is 18.4. The van der Waals surface area contributed by atoms with Gasteiger partial charge >= 0.3 is 0 Å². The van der Waals surface area contributed by atoms with Crippen molar-refractivity contribution in [2.45, 2.75) is 36.7 Å². The van der Waals surface area contributed by atoms with E-state index in [-0.39, 0.29) is 17.5 Å². The molecule has 5 nitrogen and oxygen atoms in total.